The molecule has 38 heavy (non-hydrogen) atoms. The number of nitrogens with zero attached hydrogens (tertiary/aromatic N) is 1. The quantitative estimate of drug-likeness (QED) is 0.314. The van der Waals surface area contributed by atoms with Gasteiger partial charge in [-0.05, 0) is 60.9 Å². The van der Waals surface area contributed by atoms with Crippen molar-refractivity contribution in [1.29, 1.82) is 0 Å². The minimum absolute atomic E-state index is 0.0983. The Morgan fingerprint density at radius 1 is 0.947 bits per heavy atom. The molecule has 2 aromatic carbocycles. The molecule has 0 spiro atoms. The van der Waals surface area contributed by atoms with Gasteiger partial charge in [0.15, 0.2) is 0 Å². The monoisotopic (exact) mass is 538 g/mol. The molecule has 0 unspecified atom stereocenters. The molecule has 11 heteroatoms. The zero-order chi connectivity index (χ0) is 27.5. The smallest absolute Gasteiger partial charge is 0.266 e. The van der Waals surface area contributed by atoms with Crippen molar-refractivity contribution in [3.05, 3.63) is 89.2 Å². The van der Waals surface area contributed by atoms with Gasteiger partial charge in [-0.25, -0.2) is 13.1 Å². The van der Waals surface area contributed by atoms with E-state index in [1.54, 1.807) is 12.1 Å². The molecule has 0 fully saturated rings. The van der Waals surface area contributed by atoms with Crippen LogP contribution < -0.4 is 19.9 Å². The number of rotatable bonds is 13. The molecule has 0 radical (unpaired) electrons. The van der Waals surface area contributed by atoms with Crippen LogP contribution >= 0.6 is 0 Å². The zero-order valence-corrected chi connectivity index (χ0v) is 21.6. The maximum absolute atomic E-state index is 12.7. The molecule has 0 aliphatic rings. The van der Waals surface area contributed by atoms with Gasteiger partial charge in [0, 0.05) is 11.8 Å². The van der Waals surface area contributed by atoms with Gasteiger partial charge in [0.2, 0.25) is 0 Å². The van der Waals surface area contributed by atoms with E-state index in [-0.39, 0.29) is 34.9 Å². The molecule has 3 rings (SSSR count). The van der Waals surface area contributed by atoms with E-state index in [1.807, 2.05) is 29.8 Å². The highest BCUT2D eigenvalue weighted by molar-refractivity contribution is 7.90. The van der Waals surface area contributed by atoms with Crippen molar-refractivity contribution in [2.75, 3.05) is 13.2 Å². The van der Waals surface area contributed by atoms with Crippen molar-refractivity contribution in [2.24, 2.45) is 0 Å². The Balaban J connectivity index is 1.61. The maximum atomic E-state index is 12.7. The number of carboxylic acids is 1. The van der Waals surface area contributed by atoms with Crippen LogP contribution in [0, 0.1) is 0 Å². The summed E-state index contributed by atoms with van der Waals surface area (Å²) in [5, 5.41) is 14.0. The van der Waals surface area contributed by atoms with Gasteiger partial charge in [0.1, 0.15) is 12.4 Å². The summed E-state index contributed by atoms with van der Waals surface area (Å²) in [4.78, 5) is 39.9. The van der Waals surface area contributed by atoms with Crippen LogP contribution in [0.2, 0.25) is 0 Å². The van der Waals surface area contributed by atoms with E-state index < -0.39 is 27.8 Å². The highest BCUT2D eigenvalue weighted by Crippen LogP contribution is 2.15. The van der Waals surface area contributed by atoms with Crippen molar-refractivity contribution < 1.29 is 32.6 Å². The molecule has 3 aromatic rings. The Bertz CT molecular complexity index is 1380. The van der Waals surface area contributed by atoms with Crippen LogP contribution in [-0.2, 0) is 16.4 Å². The van der Waals surface area contributed by atoms with Crippen molar-refractivity contribution in [1.82, 2.24) is 15.0 Å². The standard InChI is InChI=1S/C27H29N3O7S/c1-2-3-5-8-20-17-21(18-29-24(20)27(33)34)26(32)30-38(35,36)23-13-11-19(12-14-23)25(31)28-15-16-37-22-9-6-4-7-10-22/h4,6-7,9-14,17-18H,2-3,5,8,15-16H2,1H3,(H,28,31)(H,30,32)(H,33,34)/p-1. The van der Waals surface area contributed by atoms with Gasteiger partial charge in [-0.15, -0.1) is 0 Å². The number of aryl methyl sites for hydroxylation is 1. The third-order valence-electron chi connectivity index (χ3n) is 5.53. The number of carboxylic acid groups (broad SMARTS) is 1. The summed E-state index contributed by atoms with van der Waals surface area (Å²) in [6, 6.07) is 15.5. The highest BCUT2D eigenvalue weighted by atomic mass is 32.2. The topological polar surface area (TPSA) is 155 Å². The maximum Gasteiger partial charge on any atom is 0.266 e. The molecule has 10 nitrogen and oxygen atoms in total. The van der Waals surface area contributed by atoms with Gasteiger partial charge >= 0.3 is 0 Å². The number of amides is 2. The number of unbranched alkanes of at least 4 members (excludes halogenated alkanes) is 2. The molecule has 0 aliphatic heterocycles. The Hall–Kier alpha value is -4.25. The van der Waals surface area contributed by atoms with Gasteiger partial charge in [-0.2, -0.15) is 0 Å². The number of hydrogen-bond acceptors (Lipinski definition) is 8. The fourth-order valence-electron chi connectivity index (χ4n) is 3.55. The summed E-state index contributed by atoms with van der Waals surface area (Å²) in [7, 11) is -4.27. The molecular weight excluding hydrogens is 510 g/mol. The first-order valence-corrected chi connectivity index (χ1v) is 13.5. The minimum Gasteiger partial charge on any atom is -0.543 e. The number of ether oxygens (including phenoxy) is 1. The number of benzene rings is 2. The SMILES string of the molecule is CCCCCc1cc(C(=O)NS(=O)(=O)c2ccc(C(=O)NCCOc3ccccc3)cc2)cnc1C(=O)[O-]. The fourth-order valence-corrected chi connectivity index (χ4v) is 4.53. The first-order chi connectivity index (χ1) is 18.2. The lowest BCUT2D eigenvalue weighted by molar-refractivity contribution is -0.255. The first-order valence-electron chi connectivity index (χ1n) is 12.0. The number of carbonyl (C=O) groups excluding carboxylic acids is 3. The van der Waals surface area contributed by atoms with Gasteiger partial charge < -0.3 is 20.0 Å². The second-order valence-corrected chi connectivity index (χ2v) is 10.0. The largest absolute Gasteiger partial charge is 0.543 e. The van der Waals surface area contributed by atoms with Gasteiger partial charge in [0.25, 0.3) is 21.8 Å². The van der Waals surface area contributed by atoms with Crippen LogP contribution in [0.1, 0.15) is 63.0 Å². The van der Waals surface area contributed by atoms with E-state index in [2.05, 4.69) is 10.3 Å². The van der Waals surface area contributed by atoms with Crippen LogP contribution in [0.3, 0.4) is 0 Å². The van der Waals surface area contributed by atoms with Crippen LogP contribution in [0.15, 0.2) is 71.8 Å². The second-order valence-electron chi connectivity index (χ2n) is 8.35. The number of para-hydroxylation sites is 1. The summed E-state index contributed by atoms with van der Waals surface area (Å²) < 4.78 is 32.9. The van der Waals surface area contributed by atoms with Crippen LogP contribution in [0.5, 0.6) is 5.75 Å². The van der Waals surface area contributed by atoms with E-state index in [0.717, 1.165) is 19.0 Å². The molecule has 0 aliphatic carbocycles. The molecular formula is C27H28N3O7S-. The van der Waals surface area contributed by atoms with E-state index in [0.29, 0.717) is 24.2 Å². The summed E-state index contributed by atoms with van der Waals surface area (Å²) in [6.07, 6.45) is 3.80. The van der Waals surface area contributed by atoms with Gasteiger partial charge in [-0.3, -0.25) is 14.6 Å². The Kier molecular flexibility index (Phi) is 9.94. The molecule has 0 saturated carbocycles. The first kappa shape index (κ1) is 28.3. The number of hydrogen-bond donors (Lipinski definition) is 2. The third-order valence-corrected chi connectivity index (χ3v) is 6.87. The minimum atomic E-state index is -4.27. The van der Waals surface area contributed by atoms with Crippen molar-refractivity contribution >= 4 is 27.8 Å². The summed E-state index contributed by atoms with van der Waals surface area (Å²) in [6.45, 7) is 2.50. The fraction of sp³-hybridized carbons (Fsp3) is 0.259. The van der Waals surface area contributed by atoms with Crippen molar-refractivity contribution in [2.45, 2.75) is 37.5 Å². The number of carbonyl (C=O) groups is 3. The third kappa shape index (κ3) is 7.87. The average Bonchev–Trinajstić information content (AvgIpc) is 2.91. The predicted octanol–water partition coefficient (Wildman–Crippen LogP) is 2.11. The number of sulfonamides is 1. The summed E-state index contributed by atoms with van der Waals surface area (Å²) in [5.41, 5.74) is 0.154. The lowest BCUT2D eigenvalue weighted by Gasteiger charge is -2.12. The van der Waals surface area contributed by atoms with Gasteiger partial charge in [0.05, 0.1) is 28.7 Å². The zero-order valence-electron chi connectivity index (χ0n) is 20.8. The molecule has 2 amide bonds. The summed E-state index contributed by atoms with van der Waals surface area (Å²) in [5.74, 6) is -2.16. The molecule has 200 valence electrons. The molecule has 2 N–H and O–H groups in total. The number of pyridine rings is 1. The highest BCUT2D eigenvalue weighted by Gasteiger charge is 2.21. The molecule has 0 saturated heterocycles. The van der Waals surface area contributed by atoms with Crippen LogP contribution in [-0.4, -0.2) is 44.3 Å². The summed E-state index contributed by atoms with van der Waals surface area (Å²) >= 11 is 0. The lowest BCUT2D eigenvalue weighted by Crippen LogP contribution is -2.32. The molecule has 1 aromatic heterocycles. The molecule has 0 bridgehead atoms. The van der Waals surface area contributed by atoms with E-state index in [9.17, 15) is 27.9 Å². The van der Waals surface area contributed by atoms with Crippen molar-refractivity contribution in [3.63, 3.8) is 0 Å². The Labute approximate surface area is 221 Å². The van der Waals surface area contributed by atoms with Crippen molar-refractivity contribution in [3.8, 4) is 5.75 Å². The molecule has 0 atom stereocenters. The van der Waals surface area contributed by atoms with Crippen LogP contribution in [0.25, 0.3) is 0 Å². The van der Waals surface area contributed by atoms with E-state index in [4.69, 9.17) is 4.74 Å². The van der Waals surface area contributed by atoms with Gasteiger partial charge in [-0.1, -0.05) is 38.0 Å². The Morgan fingerprint density at radius 3 is 2.32 bits per heavy atom. The van der Waals surface area contributed by atoms with Crippen LogP contribution in [0.4, 0.5) is 0 Å². The Morgan fingerprint density at radius 2 is 1.66 bits per heavy atom. The lowest BCUT2D eigenvalue weighted by atomic mass is 10.0. The average molecular weight is 539 g/mol. The predicted molar refractivity (Wildman–Crippen MR) is 137 cm³/mol. The second kappa shape index (κ2) is 13.3. The van der Waals surface area contributed by atoms with E-state index in [1.165, 1.54) is 30.3 Å². The van der Waals surface area contributed by atoms with E-state index >= 15 is 0 Å². The number of aromatic carboxylic acids is 1. The number of nitrogens with one attached hydrogen (secondary N) is 2. The molecule has 1 heterocycles. The normalized spacial score (nSPS) is 11.0. The number of aromatic nitrogens is 1.